The Kier molecular flexibility index (Phi) is 7.70. The van der Waals surface area contributed by atoms with E-state index in [9.17, 15) is 26.7 Å². The van der Waals surface area contributed by atoms with Gasteiger partial charge in [0, 0.05) is 36.1 Å². The summed E-state index contributed by atoms with van der Waals surface area (Å²) in [5.74, 6) is 0.321. The standard InChI is InChI=1S/C31H27F4N3O6S/c1-16-36-28(31(33,34)35)14-38(16)24-6-4-18(20-11-23(32)22(15-39)27(13-20)45(3,40)41)10-21(24)29-30(44-17(2)37-29)19-5-7-25-26(12-19)43-9-8-42-25/h4-6,10-14,25,39H,7-9,15H2,1-3H3. The molecule has 4 aromatic rings. The molecule has 1 saturated heterocycles. The second-order valence-corrected chi connectivity index (χ2v) is 12.7. The molecular weight excluding hydrogens is 618 g/mol. The zero-order valence-corrected chi connectivity index (χ0v) is 25.1. The highest BCUT2D eigenvalue weighted by atomic mass is 32.2. The van der Waals surface area contributed by atoms with Gasteiger partial charge in [0.15, 0.2) is 27.2 Å². The van der Waals surface area contributed by atoms with E-state index >= 15 is 4.39 Å². The summed E-state index contributed by atoms with van der Waals surface area (Å²) in [5.41, 5.74) is 0.508. The quantitative estimate of drug-likeness (QED) is 0.256. The molecule has 0 saturated carbocycles. The number of nitrogens with zero attached hydrogens (tertiary/aromatic N) is 3. The summed E-state index contributed by atoms with van der Waals surface area (Å²) in [5, 5.41) is 9.65. The molecule has 9 nitrogen and oxygen atoms in total. The predicted molar refractivity (Wildman–Crippen MR) is 154 cm³/mol. The number of benzene rings is 2. The fraction of sp³-hybridized carbons (Fsp3) is 0.290. The van der Waals surface area contributed by atoms with E-state index in [0.29, 0.717) is 47.9 Å². The lowest BCUT2D eigenvalue weighted by Gasteiger charge is -2.28. The van der Waals surface area contributed by atoms with Crippen LogP contribution in [0.1, 0.15) is 35.2 Å². The first-order chi connectivity index (χ1) is 21.2. The topological polar surface area (TPSA) is 117 Å². The van der Waals surface area contributed by atoms with Gasteiger partial charge in [-0.1, -0.05) is 12.1 Å². The Bertz CT molecular complexity index is 1990. The van der Waals surface area contributed by atoms with Crippen LogP contribution >= 0.6 is 0 Å². The van der Waals surface area contributed by atoms with E-state index in [4.69, 9.17) is 13.9 Å². The van der Waals surface area contributed by atoms with Gasteiger partial charge >= 0.3 is 6.18 Å². The third-order valence-electron chi connectivity index (χ3n) is 7.56. The van der Waals surface area contributed by atoms with Crippen LogP contribution in [0.15, 0.2) is 63.8 Å². The lowest BCUT2D eigenvalue weighted by molar-refractivity contribution is -0.141. The van der Waals surface area contributed by atoms with Crippen molar-refractivity contribution in [2.24, 2.45) is 0 Å². The Balaban J connectivity index is 1.58. The third kappa shape index (κ3) is 5.80. The third-order valence-corrected chi connectivity index (χ3v) is 8.73. The van der Waals surface area contributed by atoms with Crippen LogP contribution in [0.4, 0.5) is 17.6 Å². The summed E-state index contributed by atoms with van der Waals surface area (Å²) in [4.78, 5) is 7.93. The number of imidazole rings is 1. The molecule has 2 aliphatic rings. The molecule has 1 N–H and O–H groups in total. The molecule has 0 bridgehead atoms. The number of hydrogen-bond acceptors (Lipinski definition) is 8. The zero-order valence-electron chi connectivity index (χ0n) is 24.3. The Labute approximate surface area is 255 Å². The summed E-state index contributed by atoms with van der Waals surface area (Å²) in [6, 6.07) is 6.95. The SMILES string of the molecule is Cc1nc(-c2cc(-c3cc(F)c(CO)c(S(C)(=O)=O)c3)ccc2-n2cc(C(F)(F)F)nc2C)c(C2=CCC3OCCOC3=C2)o1. The van der Waals surface area contributed by atoms with Crippen molar-refractivity contribution in [3.63, 3.8) is 0 Å². The summed E-state index contributed by atoms with van der Waals surface area (Å²) in [6.07, 6.45) is 0.988. The van der Waals surface area contributed by atoms with Crippen LogP contribution in [0.2, 0.25) is 0 Å². The second kappa shape index (κ2) is 11.3. The average molecular weight is 646 g/mol. The molecule has 1 fully saturated rings. The minimum atomic E-state index is -4.70. The first kappa shape index (κ1) is 30.7. The van der Waals surface area contributed by atoms with Gasteiger partial charge in [0.1, 0.15) is 35.8 Å². The molecular formula is C31H27F4N3O6S. The van der Waals surface area contributed by atoms with Crippen molar-refractivity contribution < 1.29 is 45.0 Å². The van der Waals surface area contributed by atoms with Crippen LogP contribution in [0.5, 0.6) is 0 Å². The van der Waals surface area contributed by atoms with Gasteiger partial charge in [-0.15, -0.1) is 0 Å². The smallest absolute Gasteiger partial charge is 0.434 e. The van der Waals surface area contributed by atoms with Crippen LogP contribution in [-0.4, -0.2) is 53.6 Å². The Morgan fingerprint density at radius 2 is 1.87 bits per heavy atom. The normalized spacial score (nSPS) is 17.0. The van der Waals surface area contributed by atoms with Gasteiger partial charge in [-0.05, 0) is 54.8 Å². The molecule has 0 radical (unpaired) electrons. The number of alkyl halides is 3. The van der Waals surface area contributed by atoms with E-state index in [1.54, 1.807) is 19.1 Å². The van der Waals surface area contributed by atoms with Gasteiger partial charge in [0.25, 0.3) is 0 Å². The van der Waals surface area contributed by atoms with Gasteiger partial charge in [0.2, 0.25) is 0 Å². The number of aliphatic hydroxyl groups excluding tert-OH is 1. The van der Waals surface area contributed by atoms with E-state index in [2.05, 4.69) is 9.97 Å². The fourth-order valence-electron chi connectivity index (χ4n) is 5.48. The number of sulfone groups is 1. The maximum Gasteiger partial charge on any atom is 0.434 e. The molecule has 3 heterocycles. The number of fused-ring (bicyclic) bond motifs is 1. The molecule has 14 heteroatoms. The molecule has 1 aliphatic carbocycles. The van der Waals surface area contributed by atoms with E-state index in [1.165, 1.54) is 29.7 Å². The highest BCUT2D eigenvalue weighted by molar-refractivity contribution is 7.90. The zero-order chi connectivity index (χ0) is 32.3. The van der Waals surface area contributed by atoms with Crippen LogP contribution in [0.3, 0.4) is 0 Å². The number of hydrogen-bond donors (Lipinski definition) is 1. The Hall–Kier alpha value is -4.27. The number of aromatic nitrogens is 3. The average Bonchev–Trinajstić information content (AvgIpc) is 3.58. The van der Waals surface area contributed by atoms with Crippen molar-refractivity contribution in [2.45, 2.75) is 44.1 Å². The minimum absolute atomic E-state index is 0.0467. The molecule has 6 rings (SSSR count). The summed E-state index contributed by atoms with van der Waals surface area (Å²) >= 11 is 0. The first-order valence-corrected chi connectivity index (χ1v) is 15.7. The lowest BCUT2D eigenvalue weighted by atomic mass is 9.95. The van der Waals surface area contributed by atoms with Gasteiger partial charge in [0.05, 0.1) is 23.8 Å². The maximum absolute atomic E-state index is 15.1. The highest BCUT2D eigenvalue weighted by Crippen LogP contribution is 2.41. The molecule has 1 unspecified atom stereocenters. The fourth-order valence-corrected chi connectivity index (χ4v) is 6.43. The van der Waals surface area contributed by atoms with E-state index in [0.717, 1.165) is 18.5 Å². The minimum Gasteiger partial charge on any atom is -0.493 e. The van der Waals surface area contributed by atoms with Gasteiger partial charge < -0.3 is 23.6 Å². The highest BCUT2D eigenvalue weighted by Gasteiger charge is 2.35. The predicted octanol–water partition coefficient (Wildman–Crippen LogP) is 5.95. The van der Waals surface area contributed by atoms with Gasteiger partial charge in [-0.3, -0.25) is 0 Å². The first-order valence-electron chi connectivity index (χ1n) is 13.8. The number of ether oxygens (including phenoxy) is 2. The monoisotopic (exact) mass is 645 g/mol. The number of halogens is 4. The van der Waals surface area contributed by atoms with Gasteiger partial charge in [-0.2, -0.15) is 13.2 Å². The molecule has 1 atom stereocenters. The Morgan fingerprint density at radius 1 is 1.09 bits per heavy atom. The molecule has 1 aliphatic heterocycles. The number of aryl methyl sites for hydroxylation is 2. The van der Waals surface area contributed by atoms with Crippen molar-refractivity contribution in [3.8, 4) is 28.1 Å². The lowest BCUT2D eigenvalue weighted by Crippen LogP contribution is -2.27. The van der Waals surface area contributed by atoms with Crippen LogP contribution in [0, 0.1) is 19.7 Å². The van der Waals surface area contributed by atoms with E-state index in [1.807, 2.05) is 6.08 Å². The molecule has 236 valence electrons. The largest absolute Gasteiger partial charge is 0.493 e. The number of allylic oxidation sites excluding steroid dienone is 2. The summed E-state index contributed by atoms with van der Waals surface area (Å²) in [7, 11) is -3.94. The van der Waals surface area contributed by atoms with Crippen LogP contribution < -0.4 is 0 Å². The van der Waals surface area contributed by atoms with Crippen molar-refractivity contribution in [1.82, 2.24) is 14.5 Å². The molecule has 2 aromatic heterocycles. The van der Waals surface area contributed by atoms with Gasteiger partial charge in [-0.25, -0.2) is 22.8 Å². The maximum atomic E-state index is 15.1. The summed E-state index contributed by atoms with van der Waals surface area (Å²) in [6.45, 7) is 3.06. The van der Waals surface area contributed by atoms with Crippen molar-refractivity contribution >= 4 is 15.4 Å². The molecule has 0 amide bonds. The number of rotatable bonds is 6. The second-order valence-electron chi connectivity index (χ2n) is 10.7. The molecule has 2 aromatic carbocycles. The van der Waals surface area contributed by atoms with Crippen molar-refractivity contribution in [3.05, 3.63) is 89.0 Å². The molecule has 45 heavy (non-hydrogen) atoms. The van der Waals surface area contributed by atoms with Crippen molar-refractivity contribution in [1.29, 1.82) is 0 Å². The summed E-state index contributed by atoms with van der Waals surface area (Å²) < 4.78 is 99.9. The van der Waals surface area contributed by atoms with E-state index in [-0.39, 0.29) is 45.2 Å². The number of aliphatic hydroxyl groups is 1. The van der Waals surface area contributed by atoms with Crippen LogP contribution in [0.25, 0.3) is 33.6 Å². The van der Waals surface area contributed by atoms with Crippen LogP contribution in [-0.2, 0) is 32.1 Å². The Morgan fingerprint density at radius 3 is 2.56 bits per heavy atom. The number of oxazole rings is 1. The molecule has 0 spiro atoms. The van der Waals surface area contributed by atoms with E-state index < -0.39 is 34.1 Å². The van der Waals surface area contributed by atoms with Crippen molar-refractivity contribution in [2.75, 3.05) is 19.5 Å².